The fourth-order valence-corrected chi connectivity index (χ4v) is 2.02. The fourth-order valence-electron chi connectivity index (χ4n) is 2.02. The number of amides is 1. The molecule has 2 aromatic carbocycles. The van der Waals surface area contributed by atoms with Gasteiger partial charge in [0.25, 0.3) is 5.91 Å². The van der Waals surface area contributed by atoms with Crippen LogP contribution in [0.5, 0.6) is 11.5 Å². The maximum atomic E-state index is 12.8. The van der Waals surface area contributed by atoms with Gasteiger partial charge in [-0.15, -0.1) is 0 Å². The van der Waals surface area contributed by atoms with Crippen LogP contribution in [-0.4, -0.2) is 12.7 Å². The molecule has 0 aliphatic carbocycles. The summed E-state index contributed by atoms with van der Waals surface area (Å²) in [5, 5.41) is 14.5. The van der Waals surface area contributed by atoms with E-state index in [0.29, 0.717) is 22.9 Å². The molecule has 0 saturated carbocycles. The van der Waals surface area contributed by atoms with Gasteiger partial charge in [-0.05, 0) is 36.4 Å². The number of anilines is 2. The highest BCUT2D eigenvalue weighted by atomic mass is 19.1. The minimum Gasteiger partial charge on any atom is -0.454 e. The third-order valence-corrected chi connectivity index (χ3v) is 3.22. The number of halogens is 1. The number of hydrogen-bond acceptors (Lipinski definition) is 5. The Hall–Kier alpha value is -3.53. The molecular formula is C17H12FN3O3. The molecule has 1 aliphatic rings. The molecule has 1 heterocycles. The molecule has 0 bridgehead atoms. The van der Waals surface area contributed by atoms with Gasteiger partial charge in [0.1, 0.15) is 17.5 Å². The number of fused-ring (bicyclic) bond motifs is 1. The first-order valence-corrected chi connectivity index (χ1v) is 6.99. The van der Waals surface area contributed by atoms with E-state index in [9.17, 15) is 9.18 Å². The molecule has 2 aromatic rings. The van der Waals surface area contributed by atoms with E-state index in [1.807, 2.05) is 6.07 Å². The van der Waals surface area contributed by atoms with Crippen molar-refractivity contribution in [3.05, 3.63) is 60.1 Å². The van der Waals surface area contributed by atoms with Crippen LogP contribution in [0.15, 0.2) is 54.2 Å². The number of benzene rings is 2. The second-order valence-electron chi connectivity index (χ2n) is 4.84. The van der Waals surface area contributed by atoms with Gasteiger partial charge in [-0.2, -0.15) is 5.26 Å². The van der Waals surface area contributed by atoms with E-state index < -0.39 is 11.7 Å². The number of nitriles is 1. The first kappa shape index (κ1) is 15.4. The highest BCUT2D eigenvalue weighted by Gasteiger charge is 2.13. The first-order chi connectivity index (χ1) is 11.7. The summed E-state index contributed by atoms with van der Waals surface area (Å²) in [6.45, 7) is 0.165. The summed E-state index contributed by atoms with van der Waals surface area (Å²) in [6, 6.07) is 12.2. The summed E-state index contributed by atoms with van der Waals surface area (Å²) in [4.78, 5) is 12.1. The lowest BCUT2D eigenvalue weighted by Gasteiger charge is -2.06. The van der Waals surface area contributed by atoms with Crippen LogP contribution in [-0.2, 0) is 4.79 Å². The van der Waals surface area contributed by atoms with Crippen LogP contribution in [0, 0.1) is 17.1 Å². The number of hydrogen-bond donors (Lipinski definition) is 2. The zero-order chi connectivity index (χ0) is 16.9. The highest BCUT2D eigenvalue weighted by molar-refractivity contribution is 6.06. The smallest absolute Gasteiger partial charge is 0.267 e. The van der Waals surface area contributed by atoms with E-state index in [0.717, 1.165) is 0 Å². The van der Waals surface area contributed by atoms with Crippen molar-refractivity contribution in [3.8, 4) is 17.6 Å². The van der Waals surface area contributed by atoms with Gasteiger partial charge >= 0.3 is 0 Å². The normalized spacial score (nSPS) is 12.4. The van der Waals surface area contributed by atoms with Gasteiger partial charge in [0.15, 0.2) is 11.5 Å². The minimum absolute atomic E-state index is 0.128. The lowest BCUT2D eigenvalue weighted by Crippen LogP contribution is -2.14. The number of nitrogens with one attached hydrogen (secondary N) is 2. The van der Waals surface area contributed by atoms with Gasteiger partial charge in [0.05, 0.1) is 0 Å². The maximum Gasteiger partial charge on any atom is 0.267 e. The van der Waals surface area contributed by atoms with E-state index in [1.54, 1.807) is 18.2 Å². The quantitative estimate of drug-likeness (QED) is 0.667. The summed E-state index contributed by atoms with van der Waals surface area (Å²) >= 11 is 0. The van der Waals surface area contributed by atoms with Gasteiger partial charge in [0, 0.05) is 23.6 Å². The Balaban J connectivity index is 1.68. The lowest BCUT2D eigenvalue weighted by molar-refractivity contribution is -0.112. The standard InChI is InChI=1S/C17H12FN3O3/c18-12-1-3-13(4-2-12)21-17(22)11(8-19)9-20-14-5-6-15-16(7-14)24-10-23-15/h1-7,9,20H,10H2,(H,21,22)/b11-9-. The molecule has 0 saturated heterocycles. The SMILES string of the molecule is N#C/C(=C/Nc1ccc2c(c1)OCO2)C(=O)Nc1ccc(F)cc1. The zero-order valence-corrected chi connectivity index (χ0v) is 12.4. The third-order valence-electron chi connectivity index (χ3n) is 3.22. The molecule has 1 aliphatic heterocycles. The number of carbonyl (C=O) groups is 1. The molecule has 1 amide bonds. The molecule has 2 N–H and O–H groups in total. The fraction of sp³-hybridized carbons (Fsp3) is 0.0588. The topological polar surface area (TPSA) is 83.4 Å². The predicted molar refractivity (Wildman–Crippen MR) is 84.9 cm³/mol. The van der Waals surface area contributed by atoms with E-state index in [2.05, 4.69) is 10.6 Å². The summed E-state index contributed by atoms with van der Waals surface area (Å²) in [7, 11) is 0. The maximum absolute atomic E-state index is 12.8. The van der Waals surface area contributed by atoms with Gasteiger partial charge < -0.3 is 20.1 Å². The molecule has 24 heavy (non-hydrogen) atoms. The Bertz CT molecular complexity index is 841. The monoisotopic (exact) mass is 325 g/mol. The molecule has 3 rings (SSSR count). The van der Waals surface area contributed by atoms with Crippen molar-refractivity contribution in [2.45, 2.75) is 0 Å². The van der Waals surface area contributed by atoms with Crippen LogP contribution in [0.1, 0.15) is 0 Å². The lowest BCUT2D eigenvalue weighted by atomic mass is 10.2. The number of ether oxygens (including phenoxy) is 2. The Morgan fingerprint density at radius 2 is 1.83 bits per heavy atom. The minimum atomic E-state index is -0.600. The largest absolute Gasteiger partial charge is 0.454 e. The van der Waals surface area contributed by atoms with Crippen molar-refractivity contribution in [1.82, 2.24) is 0 Å². The average molecular weight is 325 g/mol. The van der Waals surface area contributed by atoms with E-state index in [1.165, 1.54) is 30.5 Å². The van der Waals surface area contributed by atoms with Crippen molar-refractivity contribution in [2.24, 2.45) is 0 Å². The van der Waals surface area contributed by atoms with Crippen LogP contribution >= 0.6 is 0 Å². The predicted octanol–water partition coefficient (Wildman–Crippen LogP) is 3.01. The van der Waals surface area contributed by atoms with Crippen LogP contribution in [0.4, 0.5) is 15.8 Å². The molecule has 0 radical (unpaired) electrons. The molecule has 0 atom stereocenters. The average Bonchev–Trinajstić information content (AvgIpc) is 3.05. The molecule has 6 nitrogen and oxygen atoms in total. The highest BCUT2D eigenvalue weighted by Crippen LogP contribution is 2.34. The van der Waals surface area contributed by atoms with Crippen LogP contribution in [0.2, 0.25) is 0 Å². The molecule has 0 aromatic heterocycles. The molecule has 7 heteroatoms. The molecule has 0 spiro atoms. The van der Waals surface area contributed by atoms with E-state index >= 15 is 0 Å². The second-order valence-corrected chi connectivity index (χ2v) is 4.84. The van der Waals surface area contributed by atoms with Gasteiger partial charge in [-0.1, -0.05) is 0 Å². The number of carbonyl (C=O) groups excluding carboxylic acids is 1. The molecular weight excluding hydrogens is 313 g/mol. The van der Waals surface area contributed by atoms with Gasteiger partial charge in [-0.3, -0.25) is 4.79 Å². The Morgan fingerprint density at radius 1 is 1.12 bits per heavy atom. The van der Waals surface area contributed by atoms with Crippen LogP contribution < -0.4 is 20.1 Å². The van der Waals surface area contributed by atoms with Crippen molar-refractivity contribution in [1.29, 1.82) is 5.26 Å². The van der Waals surface area contributed by atoms with Gasteiger partial charge in [-0.25, -0.2) is 4.39 Å². The molecule has 0 unspecified atom stereocenters. The number of rotatable bonds is 4. The van der Waals surface area contributed by atoms with Crippen LogP contribution in [0.25, 0.3) is 0 Å². The Morgan fingerprint density at radius 3 is 2.58 bits per heavy atom. The first-order valence-electron chi connectivity index (χ1n) is 6.99. The van der Waals surface area contributed by atoms with Crippen LogP contribution in [0.3, 0.4) is 0 Å². The summed E-state index contributed by atoms with van der Waals surface area (Å²) in [5.41, 5.74) is 0.907. The molecule has 120 valence electrons. The molecule has 0 fully saturated rings. The Labute approximate surface area is 137 Å². The van der Waals surface area contributed by atoms with Crippen molar-refractivity contribution in [3.63, 3.8) is 0 Å². The van der Waals surface area contributed by atoms with E-state index in [4.69, 9.17) is 14.7 Å². The van der Waals surface area contributed by atoms with Gasteiger partial charge in [0.2, 0.25) is 6.79 Å². The summed E-state index contributed by atoms with van der Waals surface area (Å²) in [5.74, 6) is 0.215. The third kappa shape index (κ3) is 3.44. The Kier molecular flexibility index (Phi) is 4.29. The van der Waals surface area contributed by atoms with Crippen molar-refractivity contribution < 1.29 is 18.7 Å². The zero-order valence-electron chi connectivity index (χ0n) is 12.4. The van der Waals surface area contributed by atoms with Crippen molar-refractivity contribution in [2.75, 3.05) is 17.4 Å². The second kappa shape index (κ2) is 6.71. The van der Waals surface area contributed by atoms with Crippen molar-refractivity contribution >= 4 is 17.3 Å². The number of nitrogens with zero attached hydrogens (tertiary/aromatic N) is 1. The summed E-state index contributed by atoms with van der Waals surface area (Å²) < 4.78 is 23.3. The summed E-state index contributed by atoms with van der Waals surface area (Å²) in [6.07, 6.45) is 1.29. The van der Waals surface area contributed by atoms with E-state index in [-0.39, 0.29) is 12.4 Å².